The molecule has 0 unspecified atom stereocenters. The summed E-state index contributed by atoms with van der Waals surface area (Å²) in [6.07, 6.45) is 0. The molecule has 4 rings (SSSR count). The SMILES string of the molecule is O=c1c2ccccc2c2ccccc2n1-c1ccc([N+](=O)[O-])cc1. The van der Waals surface area contributed by atoms with Crippen molar-refractivity contribution in [3.05, 3.63) is 93.3 Å². The zero-order valence-electron chi connectivity index (χ0n) is 12.5. The van der Waals surface area contributed by atoms with Gasteiger partial charge >= 0.3 is 0 Å². The quantitative estimate of drug-likeness (QED) is 0.318. The van der Waals surface area contributed by atoms with Crippen LogP contribution in [0, 0.1) is 10.1 Å². The lowest BCUT2D eigenvalue weighted by atomic mass is 10.1. The summed E-state index contributed by atoms with van der Waals surface area (Å²) in [4.78, 5) is 23.4. The van der Waals surface area contributed by atoms with Gasteiger partial charge in [-0.15, -0.1) is 0 Å². The summed E-state index contributed by atoms with van der Waals surface area (Å²) in [5, 5.41) is 13.3. The summed E-state index contributed by atoms with van der Waals surface area (Å²) in [7, 11) is 0. The molecule has 116 valence electrons. The van der Waals surface area contributed by atoms with Crippen LogP contribution in [0.1, 0.15) is 0 Å². The van der Waals surface area contributed by atoms with E-state index in [0.29, 0.717) is 11.1 Å². The Morgan fingerprint density at radius 3 is 2.00 bits per heavy atom. The Morgan fingerprint density at radius 2 is 1.33 bits per heavy atom. The van der Waals surface area contributed by atoms with Gasteiger partial charge in [0.05, 0.1) is 10.4 Å². The summed E-state index contributed by atoms with van der Waals surface area (Å²) in [5.74, 6) is 0. The van der Waals surface area contributed by atoms with E-state index in [-0.39, 0.29) is 11.2 Å². The first kappa shape index (κ1) is 14.1. The van der Waals surface area contributed by atoms with Crippen molar-refractivity contribution in [3.8, 4) is 5.69 Å². The second-order valence-corrected chi connectivity index (χ2v) is 5.48. The molecule has 0 N–H and O–H groups in total. The van der Waals surface area contributed by atoms with E-state index in [4.69, 9.17) is 0 Å². The molecule has 5 nitrogen and oxygen atoms in total. The van der Waals surface area contributed by atoms with E-state index in [1.165, 1.54) is 12.1 Å². The number of aromatic nitrogens is 1. The number of nitro groups is 1. The van der Waals surface area contributed by atoms with Gasteiger partial charge in [-0.3, -0.25) is 19.5 Å². The molecule has 0 fully saturated rings. The molecular weight excluding hydrogens is 304 g/mol. The summed E-state index contributed by atoms with van der Waals surface area (Å²) in [6, 6.07) is 21.1. The Labute approximate surface area is 136 Å². The Balaban J connectivity index is 2.12. The van der Waals surface area contributed by atoms with Crippen LogP contribution in [0.2, 0.25) is 0 Å². The Hall–Kier alpha value is -3.47. The fourth-order valence-electron chi connectivity index (χ4n) is 3.01. The van der Waals surface area contributed by atoms with E-state index in [1.807, 2.05) is 42.5 Å². The molecule has 0 aliphatic heterocycles. The fourth-order valence-corrected chi connectivity index (χ4v) is 3.01. The molecule has 0 radical (unpaired) electrons. The lowest BCUT2D eigenvalue weighted by Crippen LogP contribution is -2.19. The largest absolute Gasteiger partial charge is 0.276 e. The number of nitro benzene ring substituents is 1. The Bertz CT molecular complexity index is 1140. The second-order valence-electron chi connectivity index (χ2n) is 5.48. The molecule has 0 aliphatic rings. The first-order chi connectivity index (χ1) is 11.7. The highest BCUT2D eigenvalue weighted by molar-refractivity contribution is 6.06. The van der Waals surface area contributed by atoms with E-state index in [1.54, 1.807) is 22.8 Å². The fraction of sp³-hybridized carbons (Fsp3) is 0. The molecular formula is C19H12N2O3. The third-order valence-corrected chi connectivity index (χ3v) is 4.11. The molecule has 0 saturated carbocycles. The van der Waals surface area contributed by atoms with Gasteiger partial charge in [0.15, 0.2) is 0 Å². The van der Waals surface area contributed by atoms with Gasteiger partial charge < -0.3 is 0 Å². The van der Waals surface area contributed by atoms with Crippen molar-refractivity contribution < 1.29 is 4.92 Å². The zero-order chi connectivity index (χ0) is 16.7. The number of fused-ring (bicyclic) bond motifs is 3. The lowest BCUT2D eigenvalue weighted by Gasteiger charge is -2.13. The van der Waals surface area contributed by atoms with Crippen LogP contribution < -0.4 is 5.56 Å². The lowest BCUT2D eigenvalue weighted by molar-refractivity contribution is -0.384. The van der Waals surface area contributed by atoms with E-state index >= 15 is 0 Å². The second kappa shape index (κ2) is 5.31. The van der Waals surface area contributed by atoms with Crippen LogP contribution >= 0.6 is 0 Å². The van der Waals surface area contributed by atoms with Crippen molar-refractivity contribution in [1.29, 1.82) is 0 Å². The minimum atomic E-state index is -0.453. The van der Waals surface area contributed by atoms with E-state index in [9.17, 15) is 14.9 Å². The number of nitrogens with zero attached hydrogens (tertiary/aromatic N) is 2. The first-order valence-corrected chi connectivity index (χ1v) is 7.44. The van der Waals surface area contributed by atoms with Crippen molar-refractivity contribution in [2.45, 2.75) is 0 Å². The predicted molar refractivity (Wildman–Crippen MR) is 93.7 cm³/mol. The van der Waals surface area contributed by atoms with Crippen LogP contribution in [0.5, 0.6) is 0 Å². The monoisotopic (exact) mass is 316 g/mol. The Morgan fingerprint density at radius 1 is 0.750 bits per heavy atom. The van der Waals surface area contributed by atoms with E-state index in [2.05, 4.69) is 0 Å². The molecule has 0 saturated heterocycles. The predicted octanol–water partition coefficient (Wildman–Crippen LogP) is 4.05. The van der Waals surface area contributed by atoms with Gasteiger partial charge in [0.1, 0.15) is 0 Å². The molecule has 0 atom stereocenters. The standard InChI is InChI=1S/C19H12N2O3/c22-19-17-7-2-1-5-15(17)16-6-3-4-8-18(16)20(19)13-9-11-14(12-10-13)21(23)24/h1-12H. The molecule has 24 heavy (non-hydrogen) atoms. The van der Waals surface area contributed by atoms with Crippen molar-refractivity contribution in [3.63, 3.8) is 0 Å². The highest BCUT2D eigenvalue weighted by Crippen LogP contribution is 2.25. The molecule has 1 heterocycles. The maximum absolute atomic E-state index is 13.0. The average molecular weight is 316 g/mol. The number of rotatable bonds is 2. The number of hydrogen-bond donors (Lipinski definition) is 0. The van der Waals surface area contributed by atoms with Gasteiger partial charge in [0.25, 0.3) is 11.2 Å². The van der Waals surface area contributed by atoms with Gasteiger partial charge in [0.2, 0.25) is 0 Å². The van der Waals surface area contributed by atoms with E-state index < -0.39 is 4.92 Å². The van der Waals surface area contributed by atoms with Gasteiger partial charge in [-0.1, -0.05) is 36.4 Å². The van der Waals surface area contributed by atoms with Crippen LogP contribution in [-0.2, 0) is 0 Å². The highest BCUT2D eigenvalue weighted by Gasteiger charge is 2.12. The maximum Gasteiger partial charge on any atom is 0.269 e. The molecule has 1 aromatic heterocycles. The normalized spacial score (nSPS) is 11.0. The van der Waals surface area contributed by atoms with Gasteiger partial charge in [-0.25, -0.2) is 0 Å². The number of hydrogen-bond acceptors (Lipinski definition) is 3. The Kier molecular flexibility index (Phi) is 3.13. The maximum atomic E-state index is 13.0. The average Bonchev–Trinajstić information content (AvgIpc) is 2.62. The number of para-hydroxylation sites is 1. The minimum absolute atomic E-state index is 0.00288. The molecule has 5 heteroatoms. The van der Waals surface area contributed by atoms with Crippen molar-refractivity contribution in [1.82, 2.24) is 4.57 Å². The topological polar surface area (TPSA) is 65.1 Å². The molecule has 0 spiro atoms. The highest BCUT2D eigenvalue weighted by atomic mass is 16.6. The summed E-state index contributed by atoms with van der Waals surface area (Å²) in [5.41, 5.74) is 1.23. The molecule has 3 aromatic carbocycles. The van der Waals surface area contributed by atoms with Crippen LogP contribution in [0.25, 0.3) is 27.4 Å². The van der Waals surface area contributed by atoms with Gasteiger partial charge in [-0.05, 0) is 29.7 Å². The van der Waals surface area contributed by atoms with E-state index in [0.717, 1.165) is 16.3 Å². The van der Waals surface area contributed by atoms with Crippen LogP contribution in [0.4, 0.5) is 5.69 Å². The van der Waals surface area contributed by atoms with Crippen LogP contribution in [0.3, 0.4) is 0 Å². The number of benzene rings is 3. The summed E-state index contributed by atoms with van der Waals surface area (Å²) >= 11 is 0. The molecule has 0 bridgehead atoms. The van der Waals surface area contributed by atoms with Crippen molar-refractivity contribution in [2.24, 2.45) is 0 Å². The molecule has 0 aliphatic carbocycles. The van der Waals surface area contributed by atoms with Crippen LogP contribution in [-0.4, -0.2) is 9.49 Å². The summed E-state index contributed by atoms with van der Waals surface area (Å²) < 4.78 is 1.60. The minimum Gasteiger partial charge on any atom is -0.276 e. The van der Waals surface area contributed by atoms with Gasteiger partial charge in [-0.2, -0.15) is 0 Å². The molecule has 0 amide bonds. The summed E-state index contributed by atoms with van der Waals surface area (Å²) in [6.45, 7) is 0. The van der Waals surface area contributed by atoms with Crippen molar-refractivity contribution >= 4 is 27.4 Å². The van der Waals surface area contributed by atoms with Crippen LogP contribution in [0.15, 0.2) is 77.6 Å². The zero-order valence-corrected chi connectivity index (χ0v) is 12.5. The third-order valence-electron chi connectivity index (χ3n) is 4.11. The smallest absolute Gasteiger partial charge is 0.269 e. The van der Waals surface area contributed by atoms with Crippen molar-refractivity contribution in [2.75, 3.05) is 0 Å². The van der Waals surface area contributed by atoms with Gasteiger partial charge in [0, 0.05) is 28.6 Å². The third kappa shape index (κ3) is 2.06. The number of non-ortho nitro benzene ring substituents is 1. The first-order valence-electron chi connectivity index (χ1n) is 7.44. The number of pyridine rings is 1. The molecule has 4 aromatic rings.